The Labute approximate surface area is 116 Å². The van der Waals surface area contributed by atoms with Gasteiger partial charge in [-0.3, -0.25) is 4.98 Å². The number of pyridine rings is 1. The zero-order valence-corrected chi connectivity index (χ0v) is 10.9. The number of fused-ring (bicyclic) bond motifs is 1. The molecule has 1 aromatic heterocycles. The molecule has 0 aliphatic carbocycles. The molecule has 0 unspecified atom stereocenters. The van der Waals surface area contributed by atoms with Crippen molar-refractivity contribution in [3.8, 4) is 0 Å². The van der Waals surface area contributed by atoms with Gasteiger partial charge in [-0.25, -0.2) is 0 Å². The second kappa shape index (κ2) is 4.78. The van der Waals surface area contributed by atoms with Crippen molar-refractivity contribution in [3.05, 3.63) is 59.9 Å². The van der Waals surface area contributed by atoms with E-state index in [1.807, 2.05) is 42.5 Å². The van der Waals surface area contributed by atoms with E-state index in [2.05, 4.69) is 10.3 Å². The molecule has 0 amide bonds. The normalized spacial score (nSPS) is 10.6. The molecule has 0 aliphatic heterocycles. The minimum absolute atomic E-state index is 0.700. The molecule has 3 aromatic rings. The molecule has 0 saturated carbocycles. The molecule has 19 heavy (non-hydrogen) atoms. The first-order valence-electron chi connectivity index (χ1n) is 5.89. The fourth-order valence-corrected chi connectivity index (χ4v) is 2.23. The molecule has 0 spiro atoms. The lowest BCUT2D eigenvalue weighted by atomic mass is 10.1. The van der Waals surface area contributed by atoms with E-state index in [9.17, 15) is 0 Å². The van der Waals surface area contributed by atoms with E-state index in [-0.39, 0.29) is 0 Å². The highest BCUT2D eigenvalue weighted by Gasteiger charge is 2.04. The van der Waals surface area contributed by atoms with E-state index in [1.54, 1.807) is 12.4 Å². The molecule has 0 fully saturated rings. The summed E-state index contributed by atoms with van der Waals surface area (Å²) in [6.07, 6.45) is 3.53. The quantitative estimate of drug-likeness (QED) is 0.685. The van der Waals surface area contributed by atoms with Gasteiger partial charge in [0.05, 0.1) is 0 Å². The van der Waals surface area contributed by atoms with Gasteiger partial charge >= 0.3 is 0 Å². The van der Waals surface area contributed by atoms with E-state index >= 15 is 0 Å². The predicted molar refractivity (Wildman–Crippen MR) is 80.9 cm³/mol. The van der Waals surface area contributed by atoms with Gasteiger partial charge in [-0.05, 0) is 36.4 Å². The highest BCUT2D eigenvalue weighted by Crippen LogP contribution is 2.30. The SMILES string of the molecule is Nc1ccc(Nc2cccc(Cl)c2)c2ccncc12. The van der Waals surface area contributed by atoms with Crippen molar-refractivity contribution in [2.75, 3.05) is 11.1 Å². The van der Waals surface area contributed by atoms with E-state index in [0.29, 0.717) is 5.02 Å². The molecule has 2 aromatic carbocycles. The highest BCUT2D eigenvalue weighted by atomic mass is 35.5. The van der Waals surface area contributed by atoms with Gasteiger partial charge in [-0.15, -0.1) is 0 Å². The van der Waals surface area contributed by atoms with Crippen LogP contribution in [0.25, 0.3) is 10.8 Å². The summed E-state index contributed by atoms with van der Waals surface area (Å²) in [4.78, 5) is 4.11. The molecule has 1 heterocycles. The van der Waals surface area contributed by atoms with Crippen molar-refractivity contribution in [1.29, 1.82) is 0 Å². The fraction of sp³-hybridized carbons (Fsp3) is 0. The number of anilines is 3. The lowest BCUT2D eigenvalue weighted by Crippen LogP contribution is -1.94. The van der Waals surface area contributed by atoms with Gasteiger partial charge < -0.3 is 11.1 Å². The Balaban J connectivity index is 2.09. The van der Waals surface area contributed by atoms with Crippen LogP contribution in [0.2, 0.25) is 5.02 Å². The van der Waals surface area contributed by atoms with Crippen molar-refractivity contribution < 1.29 is 0 Å². The lowest BCUT2D eigenvalue weighted by molar-refractivity contribution is 1.36. The predicted octanol–water partition coefficient (Wildman–Crippen LogP) is 4.21. The Morgan fingerprint density at radius 2 is 1.95 bits per heavy atom. The third-order valence-electron chi connectivity index (χ3n) is 2.96. The molecule has 0 atom stereocenters. The molecule has 94 valence electrons. The monoisotopic (exact) mass is 269 g/mol. The standard InChI is InChI=1S/C15H12ClN3/c16-10-2-1-3-11(8-10)19-15-5-4-14(17)13-9-18-7-6-12(13)15/h1-9,19H,17H2. The summed E-state index contributed by atoms with van der Waals surface area (Å²) in [6, 6.07) is 13.4. The van der Waals surface area contributed by atoms with Gasteiger partial charge in [-0.2, -0.15) is 0 Å². The van der Waals surface area contributed by atoms with Crippen LogP contribution in [0, 0.1) is 0 Å². The highest BCUT2D eigenvalue weighted by molar-refractivity contribution is 6.30. The number of nitrogens with zero attached hydrogens (tertiary/aromatic N) is 1. The van der Waals surface area contributed by atoms with Crippen LogP contribution in [0.4, 0.5) is 17.1 Å². The van der Waals surface area contributed by atoms with Crippen LogP contribution in [0.1, 0.15) is 0 Å². The second-order valence-electron chi connectivity index (χ2n) is 4.26. The van der Waals surface area contributed by atoms with E-state index < -0.39 is 0 Å². The average molecular weight is 270 g/mol. The number of nitrogens with one attached hydrogen (secondary N) is 1. The van der Waals surface area contributed by atoms with E-state index in [4.69, 9.17) is 17.3 Å². The summed E-state index contributed by atoms with van der Waals surface area (Å²) in [5.74, 6) is 0. The summed E-state index contributed by atoms with van der Waals surface area (Å²) < 4.78 is 0. The molecular formula is C15H12ClN3. The topological polar surface area (TPSA) is 50.9 Å². The maximum atomic E-state index is 5.98. The van der Waals surface area contributed by atoms with Crippen LogP contribution in [0.15, 0.2) is 54.9 Å². The fourth-order valence-electron chi connectivity index (χ4n) is 2.04. The molecule has 3 N–H and O–H groups in total. The van der Waals surface area contributed by atoms with Gasteiger partial charge in [0.2, 0.25) is 0 Å². The summed E-state index contributed by atoms with van der Waals surface area (Å²) in [5, 5.41) is 6.02. The molecule has 3 rings (SSSR count). The Morgan fingerprint density at radius 1 is 1.05 bits per heavy atom. The zero-order valence-electron chi connectivity index (χ0n) is 10.1. The molecule has 3 nitrogen and oxygen atoms in total. The van der Waals surface area contributed by atoms with Crippen molar-refractivity contribution in [1.82, 2.24) is 4.98 Å². The molecule has 4 heteroatoms. The summed E-state index contributed by atoms with van der Waals surface area (Å²) in [7, 11) is 0. The van der Waals surface area contributed by atoms with Gasteiger partial charge in [-0.1, -0.05) is 17.7 Å². The van der Waals surface area contributed by atoms with Crippen LogP contribution in [0.3, 0.4) is 0 Å². The van der Waals surface area contributed by atoms with Crippen molar-refractivity contribution in [3.63, 3.8) is 0 Å². The van der Waals surface area contributed by atoms with E-state index in [1.165, 1.54) is 0 Å². The molecule has 0 saturated heterocycles. The summed E-state index contributed by atoms with van der Waals surface area (Å²) >= 11 is 5.98. The number of rotatable bonds is 2. The smallest absolute Gasteiger partial charge is 0.0466 e. The average Bonchev–Trinajstić information content (AvgIpc) is 2.42. The number of aromatic nitrogens is 1. The maximum absolute atomic E-state index is 5.98. The first kappa shape index (κ1) is 11.8. The van der Waals surface area contributed by atoms with Crippen LogP contribution >= 0.6 is 11.6 Å². The van der Waals surface area contributed by atoms with Gasteiger partial charge in [0.15, 0.2) is 0 Å². The number of halogens is 1. The van der Waals surface area contributed by atoms with E-state index in [0.717, 1.165) is 27.8 Å². The van der Waals surface area contributed by atoms with Crippen molar-refractivity contribution in [2.45, 2.75) is 0 Å². The largest absolute Gasteiger partial charge is 0.398 e. The van der Waals surface area contributed by atoms with Gasteiger partial charge in [0, 0.05) is 45.3 Å². The second-order valence-corrected chi connectivity index (χ2v) is 4.70. The number of nitrogens with two attached hydrogens (primary N) is 1. The molecule has 0 aliphatic rings. The molecule has 0 radical (unpaired) electrons. The minimum Gasteiger partial charge on any atom is -0.398 e. The Morgan fingerprint density at radius 3 is 2.79 bits per heavy atom. The maximum Gasteiger partial charge on any atom is 0.0466 e. The van der Waals surface area contributed by atoms with Crippen LogP contribution in [-0.2, 0) is 0 Å². The number of hydrogen-bond donors (Lipinski definition) is 2. The number of hydrogen-bond acceptors (Lipinski definition) is 3. The third-order valence-corrected chi connectivity index (χ3v) is 3.19. The van der Waals surface area contributed by atoms with Crippen LogP contribution < -0.4 is 11.1 Å². The Bertz CT molecular complexity index is 740. The first-order chi connectivity index (χ1) is 9.24. The van der Waals surface area contributed by atoms with Gasteiger partial charge in [0.25, 0.3) is 0 Å². The number of benzene rings is 2. The lowest BCUT2D eigenvalue weighted by Gasteiger charge is -2.11. The minimum atomic E-state index is 0.700. The Hall–Kier alpha value is -2.26. The Kier molecular flexibility index (Phi) is 2.97. The molecule has 0 bridgehead atoms. The first-order valence-corrected chi connectivity index (χ1v) is 6.26. The third kappa shape index (κ3) is 2.33. The van der Waals surface area contributed by atoms with Crippen LogP contribution in [-0.4, -0.2) is 4.98 Å². The zero-order chi connectivity index (χ0) is 13.2. The summed E-state index contributed by atoms with van der Waals surface area (Å²) in [6.45, 7) is 0. The van der Waals surface area contributed by atoms with Crippen molar-refractivity contribution in [2.24, 2.45) is 0 Å². The number of nitrogen functional groups attached to an aromatic ring is 1. The molecular weight excluding hydrogens is 258 g/mol. The van der Waals surface area contributed by atoms with Crippen molar-refractivity contribution >= 4 is 39.4 Å². The summed E-state index contributed by atoms with van der Waals surface area (Å²) in [5.41, 5.74) is 8.60. The van der Waals surface area contributed by atoms with Crippen LogP contribution in [0.5, 0.6) is 0 Å². The van der Waals surface area contributed by atoms with Gasteiger partial charge in [0.1, 0.15) is 0 Å².